The molecule has 6 heteroatoms. The first kappa shape index (κ1) is 13.5. The van der Waals surface area contributed by atoms with Gasteiger partial charge in [0.1, 0.15) is 5.75 Å². The second-order valence-corrected chi connectivity index (χ2v) is 4.36. The molecule has 2 aromatic rings. The van der Waals surface area contributed by atoms with Gasteiger partial charge in [-0.05, 0) is 23.3 Å². The number of hydrogen-bond acceptors (Lipinski definition) is 5. The standard InChI is InChI=1S/C13H19N5O/c1-4-9-5-6-12(19-3)10(7-9)11(8-14)13-15-17-18(2)16-13/h5-7,11H,4,8,14H2,1-3H3. The van der Waals surface area contributed by atoms with Crippen LogP contribution in [0.5, 0.6) is 5.75 Å². The van der Waals surface area contributed by atoms with Gasteiger partial charge < -0.3 is 10.5 Å². The van der Waals surface area contributed by atoms with E-state index < -0.39 is 0 Å². The van der Waals surface area contributed by atoms with Crippen LogP contribution in [0, 0.1) is 0 Å². The predicted octanol–water partition coefficient (Wildman–Crippen LogP) is 0.872. The Balaban J connectivity index is 2.47. The molecule has 102 valence electrons. The van der Waals surface area contributed by atoms with E-state index in [0.29, 0.717) is 12.4 Å². The maximum Gasteiger partial charge on any atom is 0.183 e. The molecule has 1 aromatic carbocycles. The number of benzene rings is 1. The summed E-state index contributed by atoms with van der Waals surface area (Å²) in [6, 6.07) is 6.12. The van der Waals surface area contributed by atoms with Crippen LogP contribution >= 0.6 is 0 Å². The van der Waals surface area contributed by atoms with Crippen molar-refractivity contribution in [1.29, 1.82) is 0 Å². The van der Waals surface area contributed by atoms with Gasteiger partial charge in [0.15, 0.2) is 5.82 Å². The molecule has 2 rings (SSSR count). The van der Waals surface area contributed by atoms with Gasteiger partial charge in [-0.1, -0.05) is 19.1 Å². The predicted molar refractivity (Wildman–Crippen MR) is 72.1 cm³/mol. The Bertz CT molecular complexity index is 552. The second-order valence-electron chi connectivity index (χ2n) is 4.36. The molecule has 1 heterocycles. The van der Waals surface area contributed by atoms with Crippen molar-refractivity contribution < 1.29 is 4.74 Å². The SMILES string of the molecule is CCc1ccc(OC)c(C(CN)c2nnn(C)n2)c1. The van der Waals surface area contributed by atoms with E-state index in [-0.39, 0.29) is 5.92 Å². The molecule has 2 N–H and O–H groups in total. The summed E-state index contributed by atoms with van der Waals surface area (Å²) in [7, 11) is 3.39. The van der Waals surface area contributed by atoms with Crippen LogP contribution in [0.2, 0.25) is 0 Å². The van der Waals surface area contributed by atoms with E-state index in [1.807, 2.05) is 6.07 Å². The van der Waals surface area contributed by atoms with E-state index in [4.69, 9.17) is 10.5 Å². The van der Waals surface area contributed by atoms with Gasteiger partial charge in [-0.15, -0.1) is 10.2 Å². The third kappa shape index (κ3) is 2.73. The molecular weight excluding hydrogens is 242 g/mol. The molecule has 0 fully saturated rings. The quantitative estimate of drug-likeness (QED) is 0.864. The van der Waals surface area contributed by atoms with Crippen LogP contribution in [0.1, 0.15) is 29.8 Å². The molecule has 1 atom stereocenters. The van der Waals surface area contributed by atoms with Gasteiger partial charge in [-0.25, -0.2) is 0 Å². The van der Waals surface area contributed by atoms with Crippen molar-refractivity contribution >= 4 is 0 Å². The van der Waals surface area contributed by atoms with Crippen molar-refractivity contribution in [3.8, 4) is 5.75 Å². The molecule has 0 amide bonds. The van der Waals surface area contributed by atoms with Crippen molar-refractivity contribution in [2.75, 3.05) is 13.7 Å². The first-order valence-corrected chi connectivity index (χ1v) is 6.30. The lowest BCUT2D eigenvalue weighted by molar-refractivity contribution is 0.407. The van der Waals surface area contributed by atoms with Crippen molar-refractivity contribution in [3.05, 3.63) is 35.2 Å². The molecule has 0 bridgehead atoms. The molecule has 0 saturated carbocycles. The number of tetrazole rings is 1. The van der Waals surface area contributed by atoms with Gasteiger partial charge in [0.2, 0.25) is 0 Å². The molecule has 0 radical (unpaired) electrons. The molecule has 6 nitrogen and oxygen atoms in total. The minimum atomic E-state index is -0.102. The average molecular weight is 261 g/mol. The molecule has 0 aliphatic rings. The summed E-state index contributed by atoms with van der Waals surface area (Å²) < 4.78 is 5.42. The fourth-order valence-corrected chi connectivity index (χ4v) is 2.09. The molecule has 19 heavy (non-hydrogen) atoms. The summed E-state index contributed by atoms with van der Waals surface area (Å²) >= 11 is 0. The van der Waals surface area contributed by atoms with Gasteiger partial charge in [-0.3, -0.25) is 0 Å². The van der Waals surface area contributed by atoms with Crippen LogP contribution in [0.25, 0.3) is 0 Å². The molecule has 1 aromatic heterocycles. The van der Waals surface area contributed by atoms with Crippen molar-refractivity contribution in [2.45, 2.75) is 19.3 Å². The largest absolute Gasteiger partial charge is 0.496 e. The zero-order chi connectivity index (χ0) is 13.8. The number of hydrogen-bond donors (Lipinski definition) is 1. The monoisotopic (exact) mass is 261 g/mol. The average Bonchev–Trinajstić information content (AvgIpc) is 2.86. The number of rotatable bonds is 5. The number of nitrogens with two attached hydrogens (primary N) is 1. The third-order valence-electron chi connectivity index (χ3n) is 3.15. The van der Waals surface area contributed by atoms with Gasteiger partial charge in [0.05, 0.1) is 20.1 Å². The van der Waals surface area contributed by atoms with Gasteiger partial charge in [0.25, 0.3) is 0 Å². The van der Waals surface area contributed by atoms with Crippen LogP contribution in [0.3, 0.4) is 0 Å². The van der Waals surface area contributed by atoms with E-state index in [0.717, 1.165) is 17.7 Å². The Morgan fingerprint density at radius 2 is 2.21 bits per heavy atom. The van der Waals surface area contributed by atoms with Gasteiger partial charge >= 0.3 is 0 Å². The highest BCUT2D eigenvalue weighted by Crippen LogP contribution is 2.30. The van der Waals surface area contributed by atoms with E-state index in [9.17, 15) is 0 Å². The lowest BCUT2D eigenvalue weighted by Gasteiger charge is -2.16. The summed E-state index contributed by atoms with van der Waals surface area (Å²) in [6.45, 7) is 2.53. The fourth-order valence-electron chi connectivity index (χ4n) is 2.09. The topological polar surface area (TPSA) is 78.9 Å². The smallest absolute Gasteiger partial charge is 0.183 e. The number of aromatic nitrogens is 4. The van der Waals surface area contributed by atoms with Crippen molar-refractivity contribution in [2.24, 2.45) is 12.8 Å². The highest BCUT2D eigenvalue weighted by Gasteiger charge is 2.21. The van der Waals surface area contributed by atoms with Gasteiger partial charge in [-0.2, -0.15) is 4.80 Å². The van der Waals surface area contributed by atoms with E-state index >= 15 is 0 Å². The van der Waals surface area contributed by atoms with Crippen molar-refractivity contribution in [3.63, 3.8) is 0 Å². The zero-order valence-electron chi connectivity index (χ0n) is 11.5. The summed E-state index contributed by atoms with van der Waals surface area (Å²) in [4.78, 5) is 1.44. The molecule has 0 saturated heterocycles. The van der Waals surface area contributed by atoms with Crippen LogP contribution in [0.15, 0.2) is 18.2 Å². The Morgan fingerprint density at radius 3 is 2.74 bits per heavy atom. The van der Waals surface area contributed by atoms with Crippen LogP contribution in [-0.4, -0.2) is 33.9 Å². The highest BCUT2D eigenvalue weighted by molar-refractivity contribution is 5.42. The Hall–Kier alpha value is -1.95. The zero-order valence-corrected chi connectivity index (χ0v) is 11.5. The minimum Gasteiger partial charge on any atom is -0.496 e. The fraction of sp³-hybridized carbons (Fsp3) is 0.462. The number of ether oxygens (including phenoxy) is 1. The second kappa shape index (κ2) is 5.79. The van der Waals surface area contributed by atoms with Crippen molar-refractivity contribution in [1.82, 2.24) is 20.2 Å². The number of methoxy groups -OCH3 is 1. The lowest BCUT2D eigenvalue weighted by atomic mass is 9.95. The normalized spacial score (nSPS) is 12.4. The van der Waals surface area contributed by atoms with E-state index in [1.54, 1.807) is 14.2 Å². The van der Waals surface area contributed by atoms with Gasteiger partial charge in [0, 0.05) is 12.1 Å². The first-order chi connectivity index (χ1) is 9.19. The Kier molecular flexibility index (Phi) is 4.11. The number of nitrogens with zero attached hydrogens (tertiary/aromatic N) is 4. The summed E-state index contributed by atoms with van der Waals surface area (Å²) in [5.41, 5.74) is 8.13. The molecule has 0 spiro atoms. The highest BCUT2D eigenvalue weighted by atomic mass is 16.5. The maximum atomic E-state index is 5.89. The summed E-state index contributed by atoms with van der Waals surface area (Å²) in [5.74, 6) is 1.33. The molecule has 0 aliphatic carbocycles. The lowest BCUT2D eigenvalue weighted by Crippen LogP contribution is -2.17. The van der Waals surface area contributed by atoms with E-state index in [1.165, 1.54) is 10.4 Å². The number of aryl methyl sites for hydroxylation is 2. The Morgan fingerprint density at radius 1 is 1.42 bits per heavy atom. The summed E-state index contributed by atoms with van der Waals surface area (Å²) in [5, 5.41) is 12.2. The molecule has 1 unspecified atom stereocenters. The van der Waals surface area contributed by atoms with Crippen LogP contribution in [-0.2, 0) is 13.5 Å². The molecular formula is C13H19N5O. The minimum absolute atomic E-state index is 0.102. The van der Waals surface area contributed by atoms with Crippen LogP contribution in [0.4, 0.5) is 0 Å². The maximum absolute atomic E-state index is 5.89. The molecule has 0 aliphatic heterocycles. The Labute approximate surface area is 112 Å². The van der Waals surface area contributed by atoms with E-state index in [2.05, 4.69) is 34.5 Å². The third-order valence-corrected chi connectivity index (χ3v) is 3.15. The first-order valence-electron chi connectivity index (χ1n) is 6.30. The summed E-state index contributed by atoms with van der Waals surface area (Å²) in [6.07, 6.45) is 0.960. The van der Waals surface area contributed by atoms with Crippen LogP contribution < -0.4 is 10.5 Å².